The van der Waals surface area contributed by atoms with E-state index in [-0.39, 0.29) is 4.90 Å². The summed E-state index contributed by atoms with van der Waals surface area (Å²) >= 11 is 0. The van der Waals surface area contributed by atoms with E-state index in [1.807, 2.05) is 19.2 Å². The van der Waals surface area contributed by atoms with Gasteiger partial charge in [-0.05, 0) is 37.2 Å². The molecule has 122 valence electrons. The van der Waals surface area contributed by atoms with Gasteiger partial charge in [-0.2, -0.15) is 0 Å². The molecule has 0 N–H and O–H groups in total. The Morgan fingerprint density at radius 3 is 2.57 bits per heavy atom. The Labute approximate surface area is 136 Å². The summed E-state index contributed by atoms with van der Waals surface area (Å²) < 4.78 is 41.8. The number of likely N-dealkylation sites (N-methyl/N-ethyl adjacent to an activating group) is 1. The van der Waals surface area contributed by atoms with Crippen molar-refractivity contribution in [2.45, 2.75) is 18.4 Å². The highest BCUT2D eigenvalue weighted by atomic mass is 32.2. The lowest BCUT2D eigenvalue weighted by molar-refractivity contribution is 0.344. The Balaban J connectivity index is 2.15. The van der Waals surface area contributed by atoms with E-state index in [0.29, 0.717) is 30.9 Å². The Kier molecular flexibility index (Phi) is 4.12. The number of hydrogen-bond donors (Lipinski definition) is 0. The Morgan fingerprint density at radius 2 is 1.78 bits per heavy atom. The van der Waals surface area contributed by atoms with Crippen LogP contribution in [0.2, 0.25) is 0 Å². The van der Waals surface area contributed by atoms with E-state index in [0.717, 1.165) is 5.56 Å². The third-order valence-corrected chi connectivity index (χ3v) is 5.94. The van der Waals surface area contributed by atoms with Crippen LogP contribution in [0.1, 0.15) is 11.1 Å². The smallest absolute Gasteiger partial charge is 0.267 e. The van der Waals surface area contributed by atoms with Crippen molar-refractivity contribution in [3.63, 3.8) is 0 Å². The average Bonchev–Trinajstić information content (AvgIpc) is 2.68. The van der Waals surface area contributed by atoms with Crippen LogP contribution in [0.25, 0.3) is 0 Å². The van der Waals surface area contributed by atoms with Gasteiger partial charge < -0.3 is 4.90 Å². The minimum atomic E-state index is -3.94. The van der Waals surface area contributed by atoms with Crippen LogP contribution in [0.3, 0.4) is 0 Å². The number of para-hydroxylation sites is 1. The van der Waals surface area contributed by atoms with Crippen molar-refractivity contribution in [2.75, 3.05) is 24.4 Å². The van der Waals surface area contributed by atoms with E-state index in [1.54, 1.807) is 31.2 Å². The van der Waals surface area contributed by atoms with Crippen LogP contribution < -0.4 is 4.31 Å². The van der Waals surface area contributed by atoms with Crippen LogP contribution in [-0.4, -0.2) is 33.5 Å². The fourth-order valence-electron chi connectivity index (χ4n) is 2.83. The molecular formula is C17H19FN2O2S. The maximum absolute atomic E-state index is 14.4. The summed E-state index contributed by atoms with van der Waals surface area (Å²) in [5, 5.41) is 0. The molecule has 0 aromatic heterocycles. The summed E-state index contributed by atoms with van der Waals surface area (Å²) in [6.07, 6.45) is 0. The molecule has 0 fully saturated rings. The number of anilines is 1. The molecule has 1 aliphatic rings. The van der Waals surface area contributed by atoms with Crippen molar-refractivity contribution >= 4 is 15.7 Å². The lowest BCUT2D eigenvalue weighted by Gasteiger charge is -2.24. The number of hydrogen-bond acceptors (Lipinski definition) is 3. The van der Waals surface area contributed by atoms with Crippen LogP contribution in [0.5, 0.6) is 0 Å². The van der Waals surface area contributed by atoms with Crippen LogP contribution in [0.4, 0.5) is 10.1 Å². The summed E-state index contributed by atoms with van der Waals surface area (Å²) in [6.45, 7) is 3.11. The molecule has 1 heterocycles. The third-order valence-electron chi connectivity index (χ3n) is 4.11. The molecule has 0 saturated heterocycles. The predicted octanol–water partition coefficient (Wildman–Crippen LogP) is 2.77. The standard InChI is InChI=1S/C17H19FN2O2S/c1-13-6-5-9-16(17(13)18)23(21,22)20-11-10-19(2)12-14-7-3-4-8-15(14)20/h3-9H,10-12H2,1-2H3. The second kappa shape index (κ2) is 5.94. The molecule has 0 aliphatic carbocycles. The number of aryl methyl sites for hydroxylation is 1. The molecule has 2 aromatic rings. The molecule has 0 radical (unpaired) electrons. The summed E-state index contributed by atoms with van der Waals surface area (Å²) in [5.74, 6) is -0.678. The first-order valence-electron chi connectivity index (χ1n) is 7.45. The van der Waals surface area contributed by atoms with Crippen molar-refractivity contribution in [3.05, 3.63) is 59.4 Å². The molecular weight excluding hydrogens is 315 g/mol. The number of rotatable bonds is 2. The van der Waals surface area contributed by atoms with E-state index in [9.17, 15) is 12.8 Å². The van der Waals surface area contributed by atoms with Gasteiger partial charge in [0.05, 0.1) is 5.69 Å². The minimum absolute atomic E-state index is 0.267. The molecule has 3 rings (SSSR count). The van der Waals surface area contributed by atoms with Crippen molar-refractivity contribution in [2.24, 2.45) is 0 Å². The van der Waals surface area contributed by atoms with Gasteiger partial charge in [-0.1, -0.05) is 30.3 Å². The lowest BCUT2D eigenvalue weighted by atomic mass is 10.2. The van der Waals surface area contributed by atoms with Crippen molar-refractivity contribution in [1.29, 1.82) is 0 Å². The van der Waals surface area contributed by atoms with Gasteiger partial charge in [-0.15, -0.1) is 0 Å². The summed E-state index contributed by atoms with van der Waals surface area (Å²) in [7, 11) is -2.00. The lowest BCUT2D eigenvalue weighted by Crippen LogP contribution is -2.35. The van der Waals surface area contributed by atoms with Crippen LogP contribution >= 0.6 is 0 Å². The van der Waals surface area contributed by atoms with Crippen LogP contribution in [-0.2, 0) is 16.6 Å². The summed E-state index contributed by atoms with van der Waals surface area (Å²) in [6, 6.07) is 11.8. The van der Waals surface area contributed by atoms with E-state index in [2.05, 4.69) is 4.90 Å². The van der Waals surface area contributed by atoms with E-state index >= 15 is 0 Å². The number of fused-ring (bicyclic) bond motifs is 1. The minimum Gasteiger partial charge on any atom is -0.300 e. The number of sulfonamides is 1. The van der Waals surface area contributed by atoms with Crippen molar-refractivity contribution in [3.8, 4) is 0 Å². The SMILES string of the molecule is Cc1cccc(S(=O)(=O)N2CCN(C)Cc3ccccc32)c1F. The second-order valence-electron chi connectivity index (χ2n) is 5.83. The highest BCUT2D eigenvalue weighted by molar-refractivity contribution is 7.92. The van der Waals surface area contributed by atoms with Gasteiger partial charge in [-0.3, -0.25) is 4.31 Å². The number of nitrogens with zero attached hydrogens (tertiary/aromatic N) is 2. The topological polar surface area (TPSA) is 40.6 Å². The summed E-state index contributed by atoms with van der Waals surface area (Å²) in [4.78, 5) is 1.79. The fraction of sp³-hybridized carbons (Fsp3) is 0.294. The van der Waals surface area contributed by atoms with Crippen LogP contribution in [0, 0.1) is 12.7 Å². The fourth-order valence-corrected chi connectivity index (χ4v) is 4.46. The quantitative estimate of drug-likeness (QED) is 0.848. The monoisotopic (exact) mass is 334 g/mol. The van der Waals surface area contributed by atoms with E-state index in [4.69, 9.17) is 0 Å². The molecule has 0 atom stereocenters. The molecule has 23 heavy (non-hydrogen) atoms. The Hall–Kier alpha value is -1.92. The largest absolute Gasteiger partial charge is 0.300 e. The first-order chi connectivity index (χ1) is 10.9. The van der Waals surface area contributed by atoms with Crippen LogP contribution in [0.15, 0.2) is 47.4 Å². The average molecular weight is 334 g/mol. The maximum Gasteiger partial charge on any atom is 0.267 e. The molecule has 0 amide bonds. The number of benzene rings is 2. The maximum atomic E-state index is 14.4. The van der Waals surface area contributed by atoms with Crippen molar-refractivity contribution < 1.29 is 12.8 Å². The van der Waals surface area contributed by atoms with Gasteiger partial charge in [0.15, 0.2) is 0 Å². The van der Waals surface area contributed by atoms with E-state index < -0.39 is 15.8 Å². The van der Waals surface area contributed by atoms with Gasteiger partial charge in [0.25, 0.3) is 10.0 Å². The number of halogens is 1. The molecule has 6 heteroatoms. The van der Waals surface area contributed by atoms with Gasteiger partial charge in [0.1, 0.15) is 10.7 Å². The third kappa shape index (κ3) is 2.84. The van der Waals surface area contributed by atoms with Gasteiger partial charge in [0, 0.05) is 19.6 Å². The zero-order chi connectivity index (χ0) is 16.6. The van der Waals surface area contributed by atoms with Crippen molar-refractivity contribution in [1.82, 2.24) is 4.90 Å². The molecule has 0 bridgehead atoms. The van der Waals surface area contributed by atoms with Gasteiger partial charge in [0.2, 0.25) is 0 Å². The predicted molar refractivity (Wildman–Crippen MR) is 88.4 cm³/mol. The normalized spacial score (nSPS) is 16.0. The molecule has 4 nitrogen and oxygen atoms in total. The van der Waals surface area contributed by atoms with Gasteiger partial charge in [-0.25, -0.2) is 12.8 Å². The molecule has 0 saturated carbocycles. The Morgan fingerprint density at radius 1 is 1.04 bits per heavy atom. The zero-order valence-corrected chi connectivity index (χ0v) is 14.0. The molecule has 2 aromatic carbocycles. The first kappa shape index (κ1) is 16.0. The Bertz CT molecular complexity index is 836. The first-order valence-corrected chi connectivity index (χ1v) is 8.89. The molecule has 1 aliphatic heterocycles. The molecule has 0 spiro atoms. The summed E-state index contributed by atoms with van der Waals surface area (Å²) in [5.41, 5.74) is 1.87. The second-order valence-corrected chi connectivity index (χ2v) is 7.66. The highest BCUT2D eigenvalue weighted by Gasteiger charge is 2.31. The highest BCUT2D eigenvalue weighted by Crippen LogP contribution is 2.31. The molecule has 0 unspecified atom stereocenters. The zero-order valence-electron chi connectivity index (χ0n) is 13.2. The van der Waals surface area contributed by atoms with Gasteiger partial charge >= 0.3 is 0 Å². The van der Waals surface area contributed by atoms with E-state index in [1.165, 1.54) is 10.4 Å².